The van der Waals surface area contributed by atoms with E-state index in [1.54, 1.807) is 13.0 Å². The molecule has 2 N–H and O–H groups in total. The number of nitrogens with one attached hydrogen (secondary N) is 2. The summed E-state index contributed by atoms with van der Waals surface area (Å²) in [4.78, 5) is 12.7. The van der Waals surface area contributed by atoms with Crippen LogP contribution in [-0.4, -0.2) is 27.0 Å². The van der Waals surface area contributed by atoms with Gasteiger partial charge in [0.15, 0.2) is 0 Å². The largest absolute Gasteiger partial charge is 0.494 e. The van der Waals surface area contributed by atoms with E-state index in [0.29, 0.717) is 23.6 Å². The van der Waals surface area contributed by atoms with E-state index in [1.165, 1.54) is 19.1 Å². The second kappa shape index (κ2) is 8.75. The molecule has 6 nitrogen and oxygen atoms in total. The minimum absolute atomic E-state index is 0.0933. The highest BCUT2D eigenvalue weighted by Crippen LogP contribution is 2.23. The van der Waals surface area contributed by atoms with E-state index in [9.17, 15) is 13.2 Å². The van der Waals surface area contributed by atoms with Crippen LogP contribution >= 0.6 is 0 Å². The number of anilines is 1. The molecule has 0 radical (unpaired) electrons. The van der Waals surface area contributed by atoms with E-state index in [1.807, 2.05) is 39.8 Å². The normalized spacial score (nSPS) is 12.5. The highest BCUT2D eigenvalue weighted by atomic mass is 32.2. The van der Waals surface area contributed by atoms with Crippen LogP contribution in [0.4, 0.5) is 5.69 Å². The first-order valence-electron chi connectivity index (χ1n) is 9.19. The molecule has 1 amide bonds. The summed E-state index contributed by atoms with van der Waals surface area (Å²) >= 11 is 0. The fourth-order valence-electron chi connectivity index (χ4n) is 3.07. The molecule has 2 rings (SSSR count). The average Bonchev–Trinajstić information content (AvgIpc) is 2.59. The van der Waals surface area contributed by atoms with Crippen molar-refractivity contribution in [2.24, 2.45) is 0 Å². The van der Waals surface area contributed by atoms with E-state index >= 15 is 0 Å². The highest BCUT2D eigenvalue weighted by Gasteiger charge is 2.23. The molecule has 0 bridgehead atoms. The Morgan fingerprint density at radius 2 is 1.64 bits per heavy atom. The highest BCUT2D eigenvalue weighted by molar-refractivity contribution is 7.89. The van der Waals surface area contributed by atoms with Gasteiger partial charge in [0.05, 0.1) is 17.5 Å². The van der Waals surface area contributed by atoms with Crippen LogP contribution in [0.5, 0.6) is 5.75 Å². The maximum Gasteiger partial charge on any atom is 0.242 e. The Labute approximate surface area is 167 Å². The van der Waals surface area contributed by atoms with Gasteiger partial charge in [-0.3, -0.25) is 4.79 Å². The number of carbonyl (C=O) groups is 1. The molecule has 2 aromatic rings. The zero-order chi connectivity index (χ0) is 21.1. The van der Waals surface area contributed by atoms with Crippen molar-refractivity contribution >= 4 is 21.6 Å². The first-order valence-corrected chi connectivity index (χ1v) is 10.7. The molecule has 0 aliphatic heterocycles. The summed E-state index contributed by atoms with van der Waals surface area (Å²) in [7, 11) is -3.84. The third-order valence-corrected chi connectivity index (χ3v) is 5.95. The average molecular weight is 405 g/mol. The van der Waals surface area contributed by atoms with Gasteiger partial charge in [-0.15, -0.1) is 0 Å². The van der Waals surface area contributed by atoms with Crippen LogP contribution in [0.3, 0.4) is 0 Å². The quantitative estimate of drug-likeness (QED) is 0.738. The Kier molecular flexibility index (Phi) is 6.85. The van der Waals surface area contributed by atoms with Crippen LogP contribution in [0, 0.1) is 27.7 Å². The molecule has 0 heterocycles. The molecule has 1 atom stereocenters. The number of carbonyl (C=O) groups excluding carboxylic acids is 1. The first-order chi connectivity index (χ1) is 13.0. The van der Waals surface area contributed by atoms with Crippen molar-refractivity contribution in [2.45, 2.75) is 52.5 Å². The van der Waals surface area contributed by atoms with Crippen molar-refractivity contribution in [1.29, 1.82) is 0 Å². The van der Waals surface area contributed by atoms with Gasteiger partial charge >= 0.3 is 0 Å². The number of rotatable bonds is 7. The molecule has 2 aromatic carbocycles. The maximum atomic E-state index is 12.7. The molecule has 0 saturated carbocycles. The fraction of sp³-hybridized carbons (Fsp3) is 0.381. The molecular formula is C21H28N2O4S. The molecule has 0 aliphatic carbocycles. The summed E-state index contributed by atoms with van der Waals surface area (Å²) in [5.74, 6) is 0.221. The lowest BCUT2D eigenvalue weighted by atomic mass is 10.0. The Bertz CT molecular complexity index is 961. The fourth-order valence-corrected chi connectivity index (χ4v) is 4.36. The van der Waals surface area contributed by atoms with Crippen LogP contribution in [0.2, 0.25) is 0 Å². The lowest BCUT2D eigenvalue weighted by molar-refractivity contribution is -0.117. The summed E-state index contributed by atoms with van der Waals surface area (Å²) in [6.45, 7) is 11.5. The van der Waals surface area contributed by atoms with Crippen LogP contribution in [0.1, 0.15) is 36.1 Å². The van der Waals surface area contributed by atoms with Crippen molar-refractivity contribution in [3.05, 3.63) is 52.6 Å². The van der Waals surface area contributed by atoms with Gasteiger partial charge in [0.1, 0.15) is 5.75 Å². The minimum Gasteiger partial charge on any atom is -0.494 e. The molecular weight excluding hydrogens is 376 g/mol. The van der Waals surface area contributed by atoms with Crippen LogP contribution in [-0.2, 0) is 14.8 Å². The minimum atomic E-state index is -3.84. The monoisotopic (exact) mass is 404 g/mol. The zero-order valence-electron chi connectivity index (χ0n) is 17.2. The molecule has 0 spiro atoms. The third kappa shape index (κ3) is 5.11. The molecule has 7 heteroatoms. The van der Waals surface area contributed by atoms with Crippen LogP contribution in [0.25, 0.3) is 0 Å². The molecule has 0 aliphatic rings. The molecule has 0 saturated heterocycles. The lowest BCUT2D eigenvalue weighted by Gasteiger charge is -2.18. The number of amides is 1. The van der Waals surface area contributed by atoms with E-state index in [-0.39, 0.29) is 4.90 Å². The number of ether oxygens (including phenoxy) is 1. The number of benzene rings is 2. The molecule has 0 fully saturated rings. The Morgan fingerprint density at radius 3 is 2.18 bits per heavy atom. The molecule has 152 valence electrons. The first kappa shape index (κ1) is 21.9. The van der Waals surface area contributed by atoms with Gasteiger partial charge in [0.2, 0.25) is 15.9 Å². The van der Waals surface area contributed by atoms with Gasteiger partial charge in [-0.1, -0.05) is 17.7 Å². The number of sulfonamides is 1. The molecule has 0 aromatic heterocycles. The van der Waals surface area contributed by atoms with Gasteiger partial charge < -0.3 is 10.1 Å². The second-order valence-electron chi connectivity index (χ2n) is 6.97. The summed E-state index contributed by atoms with van der Waals surface area (Å²) < 4.78 is 33.2. The summed E-state index contributed by atoms with van der Waals surface area (Å²) in [6, 6.07) is 7.64. The zero-order valence-corrected chi connectivity index (χ0v) is 18.0. The van der Waals surface area contributed by atoms with Crippen molar-refractivity contribution in [3.63, 3.8) is 0 Å². The van der Waals surface area contributed by atoms with E-state index in [4.69, 9.17) is 4.74 Å². The van der Waals surface area contributed by atoms with Crippen LogP contribution < -0.4 is 14.8 Å². The van der Waals surface area contributed by atoms with Crippen molar-refractivity contribution < 1.29 is 17.9 Å². The topological polar surface area (TPSA) is 84.5 Å². The van der Waals surface area contributed by atoms with E-state index in [0.717, 1.165) is 16.7 Å². The Morgan fingerprint density at radius 1 is 1.04 bits per heavy atom. The van der Waals surface area contributed by atoms with Gasteiger partial charge in [0.25, 0.3) is 0 Å². The third-order valence-electron chi connectivity index (χ3n) is 4.41. The predicted molar refractivity (Wildman–Crippen MR) is 111 cm³/mol. The number of hydrogen-bond acceptors (Lipinski definition) is 4. The molecule has 28 heavy (non-hydrogen) atoms. The lowest BCUT2D eigenvalue weighted by Crippen LogP contribution is -2.41. The number of aryl methyl sites for hydroxylation is 4. The van der Waals surface area contributed by atoms with Gasteiger partial charge in [0, 0.05) is 5.69 Å². The standard InChI is InChI=1S/C21H28N2O4S/c1-7-27-19-9-8-18(12-14(19)3)28(25,26)23-17(6)21(24)22-20-15(4)10-13(2)11-16(20)5/h8-12,17,23H,7H2,1-6H3,(H,22,24)/t17-/m1/s1. The van der Waals surface area contributed by atoms with Gasteiger partial charge in [-0.2, -0.15) is 4.72 Å². The maximum absolute atomic E-state index is 12.7. The van der Waals surface area contributed by atoms with E-state index in [2.05, 4.69) is 10.0 Å². The molecule has 0 unspecified atom stereocenters. The SMILES string of the molecule is CCOc1ccc(S(=O)(=O)N[C@H](C)C(=O)Nc2c(C)cc(C)cc2C)cc1C. The summed E-state index contributed by atoms with van der Waals surface area (Å²) in [5.41, 5.74) is 4.39. The summed E-state index contributed by atoms with van der Waals surface area (Å²) in [5, 5.41) is 2.83. The smallest absolute Gasteiger partial charge is 0.242 e. The summed E-state index contributed by atoms with van der Waals surface area (Å²) in [6.07, 6.45) is 0. The Hall–Kier alpha value is -2.38. The van der Waals surface area contributed by atoms with E-state index < -0.39 is 22.0 Å². The van der Waals surface area contributed by atoms with Crippen molar-refractivity contribution in [3.8, 4) is 5.75 Å². The van der Waals surface area contributed by atoms with Crippen molar-refractivity contribution in [1.82, 2.24) is 4.72 Å². The predicted octanol–water partition coefficient (Wildman–Crippen LogP) is 3.62. The van der Waals surface area contributed by atoms with Crippen molar-refractivity contribution in [2.75, 3.05) is 11.9 Å². The van der Waals surface area contributed by atoms with Gasteiger partial charge in [-0.25, -0.2) is 8.42 Å². The number of hydrogen-bond donors (Lipinski definition) is 2. The Balaban J connectivity index is 2.16. The van der Waals surface area contributed by atoms with Crippen LogP contribution in [0.15, 0.2) is 35.2 Å². The van der Waals surface area contributed by atoms with Gasteiger partial charge in [-0.05, 0) is 76.4 Å². The second-order valence-corrected chi connectivity index (χ2v) is 8.68.